The Kier molecular flexibility index (Phi) is 7.73. The maximum absolute atomic E-state index is 12.4. The van der Waals surface area contributed by atoms with E-state index in [0.29, 0.717) is 36.4 Å². The molecule has 0 saturated carbocycles. The molecule has 1 aromatic carbocycles. The summed E-state index contributed by atoms with van der Waals surface area (Å²) in [5, 5.41) is 24.2. The second-order valence-corrected chi connectivity index (χ2v) is 8.97. The molecule has 12 heteroatoms. The van der Waals surface area contributed by atoms with Gasteiger partial charge in [-0.25, -0.2) is 9.78 Å². The van der Waals surface area contributed by atoms with Gasteiger partial charge in [0.05, 0.1) is 29.6 Å². The van der Waals surface area contributed by atoms with Gasteiger partial charge in [0, 0.05) is 25.0 Å². The third kappa shape index (κ3) is 7.74. The van der Waals surface area contributed by atoms with Crippen molar-refractivity contribution in [1.29, 1.82) is 5.41 Å². The number of alkyl halides is 3. The van der Waals surface area contributed by atoms with Crippen LogP contribution in [-0.2, 0) is 4.74 Å². The first-order chi connectivity index (χ1) is 16.3. The van der Waals surface area contributed by atoms with Crippen molar-refractivity contribution in [3.8, 4) is 5.75 Å². The molecule has 1 fully saturated rings. The van der Waals surface area contributed by atoms with Crippen LogP contribution in [-0.4, -0.2) is 59.6 Å². The minimum absolute atomic E-state index is 0.0277. The molecule has 0 spiro atoms. The molecule has 1 aliphatic rings. The molecule has 1 amide bonds. The highest BCUT2D eigenvalue weighted by molar-refractivity contribution is 6.09. The summed E-state index contributed by atoms with van der Waals surface area (Å²) in [5.41, 5.74) is 0.756. The predicted octanol–water partition coefficient (Wildman–Crippen LogP) is 4.19. The summed E-state index contributed by atoms with van der Waals surface area (Å²) in [6.45, 7) is 5.95. The van der Waals surface area contributed by atoms with Gasteiger partial charge in [-0.3, -0.25) is 0 Å². The quantitative estimate of drug-likeness (QED) is 0.425. The molecule has 0 aliphatic carbocycles. The third-order valence-corrected chi connectivity index (χ3v) is 4.89. The molecule has 1 saturated heterocycles. The number of aliphatic hydroxyl groups excluding tert-OH is 1. The molecule has 0 unspecified atom stereocenters. The maximum Gasteiger partial charge on any atom is 0.573 e. The summed E-state index contributed by atoms with van der Waals surface area (Å²) in [4.78, 5) is 18.3. The number of carbonyl (C=O) groups excluding carboxylic acids is 1. The SMILES string of the molecule is CC(C)(C)OC(=O)NCC(=N)c1c(N2CC[C@H](O)C2)ccnc1Nc1ccc(OC(F)(F)F)cc1. The number of hydrogen-bond acceptors (Lipinski definition) is 8. The predicted molar refractivity (Wildman–Crippen MR) is 125 cm³/mol. The average molecular weight is 496 g/mol. The summed E-state index contributed by atoms with van der Waals surface area (Å²) in [6, 6.07) is 6.81. The van der Waals surface area contributed by atoms with E-state index in [2.05, 4.69) is 20.4 Å². The second kappa shape index (κ2) is 10.4. The van der Waals surface area contributed by atoms with Crippen LogP contribution in [0.2, 0.25) is 0 Å². The first-order valence-electron chi connectivity index (χ1n) is 10.9. The first kappa shape index (κ1) is 26.1. The van der Waals surface area contributed by atoms with E-state index in [1.54, 1.807) is 26.8 Å². The van der Waals surface area contributed by atoms with Crippen LogP contribution in [0, 0.1) is 5.41 Å². The Morgan fingerprint density at radius 1 is 1.23 bits per heavy atom. The molecule has 1 aromatic heterocycles. The number of pyridine rings is 1. The Balaban J connectivity index is 1.85. The standard InChI is InChI=1S/C23H28F3N5O4/c1-22(2,3)35-21(33)29-12-17(27)19-18(31-11-9-15(32)13-31)8-10-28-20(19)30-14-4-6-16(7-5-14)34-23(24,25)26/h4-8,10,15,27,32H,9,11-13H2,1-3H3,(H,28,30)(H,29,33)/t15-/m0/s1. The maximum atomic E-state index is 12.4. The van der Waals surface area contributed by atoms with Gasteiger partial charge in [0.15, 0.2) is 0 Å². The Labute approximate surface area is 200 Å². The normalized spacial score (nSPS) is 16.1. The number of aromatic nitrogens is 1. The lowest BCUT2D eigenvalue weighted by Crippen LogP contribution is -2.36. The minimum Gasteiger partial charge on any atom is -0.444 e. The lowest BCUT2D eigenvalue weighted by atomic mass is 10.1. The van der Waals surface area contributed by atoms with Crippen LogP contribution in [0.1, 0.15) is 32.8 Å². The molecule has 2 aromatic rings. The number of rotatable bonds is 7. The highest BCUT2D eigenvalue weighted by atomic mass is 19.4. The van der Waals surface area contributed by atoms with Crippen LogP contribution in [0.25, 0.3) is 0 Å². The number of halogens is 3. The zero-order valence-corrected chi connectivity index (χ0v) is 19.6. The summed E-state index contributed by atoms with van der Waals surface area (Å²) >= 11 is 0. The number of nitrogens with zero attached hydrogens (tertiary/aromatic N) is 2. The van der Waals surface area contributed by atoms with Gasteiger partial charge >= 0.3 is 12.5 Å². The van der Waals surface area contributed by atoms with Crippen molar-refractivity contribution >= 4 is 29.0 Å². The van der Waals surface area contributed by atoms with Gasteiger partial charge in [0.1, 0.15) is 17.2 Å². The molecule has 35 heavy (non-hydrogen) atoms. The second-order valence-electron chi connectivity index (χ2n) is 8.97. The molecule has 1 aliphatic heterocycles. The Morgan fingerprint density at radius 2 is 1.91 bits per heavy atom. The number of β-amino-alcohol motifs (C(OH)–C–C–N with tert-alkyl or cyclic N) is 1. The zero-order valence-electron chi connectivity index (χ0n) is 19.6. The highest BCUT2D eigenvalue weighted by Gasteiger charge is 2.31. The summed E-state index contributed by atoms with van der Waals surface area (Å²) in [7, 11) is 0. The van der Waals surface area contributed by atoms with Crippen molar-refractivity contribution in [2.24, 2.45) is 0 Å². The molecule has 4 N–H and O–H groups in total. The fourth-order valence-corrected chi connectivity index (χ4v) is 3.51. The van der Waals surface area contributed by atoms with Gasteiger partial charge in [0.25, 0.3) is 0 Å². The molecule has 1 atom stereocenters. The van der Waals surface area contributed by atoms with Crippen LogP contribution in [0.15, 0.2) is 36.5 Å². The van der Waals surface area contributed by atoms with E-state index in [0.717, 1.165) is 12.1 Å². The van der Waals surface area contributed by atoms with Crippen LogP contribution >= 0.6 is 0 Å². The number of carbonyl (C=O) groups is 1. The van der Waals surface area contributed by atoms with Crippen molar-refractivity contribution in [2.45, 2.75) is 45.3 Å². The smallest absolute Gasteiger partial charge is 0.444 e. The molecule has 0 bridgehead atoms. The van der Waals surface area contributed by atoms with Crippen LogP contribution < -0.4 is 20.3 Å². The number of benzene rings is 1. The Hall–Kier alpha value is -3.54. The van der Waals surface area contributed by atoms with Gasteiger partial charge in [-0.2, -0.15) is 0 Å². The van der Waals surface area contributed by atoms with E-state index in [9.17, 15) is 23.1 Å². The van der Waals surface area contributed by atoms with E-state index in [1.807, 2.05) is 4.90 Å². The van der Waals surface area contributed by atoms with Crippen LogP contribution in [0.5, 0.6) is 5.75 Å². The molecule has 9 nitrogen and oxygen atoms in total. The first-order valence-corrected chi connectivity index (χ1v) is 10.9. The highest BCUT2D eigenvalue weighted by Crippen LogP contribution is 2.32. The molecule has 3 rings (SSSR count). The zero-order chi connectivity index (χ0) is 25.8. The largest absolute Gasteiger partial charge is 0.573 e. The van der Waals surface area contributed by atoms with Gasteiger partial charge in [-0.15, -0.1) is 13.2 Å². The third-order valence-electron chi connectivity index (χ3n) is 4.89. The van der Waals surface area contributed by atoms with Gasteiger partial charge in [-0.05, 0) is 57.5 Å². The van der Waals surface area contributed by atoms with Crippen molar-refractivity contribution in [1.82, 2.24) is 10.3 Å². The van der Waals surface area contributed by atoms with E-state index < -0.39 is 24.2 Å². The summed E-state index contributed by atoms with van der Waals surface area (Å²) in [5.74, 6) is -0.102. The number of amides is 1. The molecular weight excluding hydrogens is 467 g/mol. The molecule has 190 valence electrons. The molecule has 0 radical (unpaired) electrons. The van der Waals surface area contributed by atoms with Crippen molar-refractivity contribution < 1.29 is 32.5 Å². The lowest BCUT2D eigenvalue weighted by molar-refractivity contribution is -0.274. The number of anilines is 3. The van der Waals surface area contributed by atoms with Crippen LogP contribution in [0.4, 0.5) is 35.2 Å². The summed E-state index contributed by atoms with van der Waals surface area (Å²) in [6.07, 6.45) is -3.90. The van der Waals surface area contributed by atoms with Gasteiger partial charge in [-0.1, -0.05) is 0 Å². The van der Waals surface area contributed by atoms with Gasteiger partial charge < -0.3 is 35.5 Å². The van der Waals surface area contributed by atoms with Crippen molar-refractivity contribution in [3.05, 3.63) is 42.1 Å². The van der Waals surface area contributed by atoms with Gasteiger partial charge in [0.2, 0.25) is 0 Å². The van der Waals surface area contributed by atoms with E-state index in [1.165, 1.54) is 18.3 Å². The fourth-order valence-electron chi connectivity index (χ4n) is 3.51. The Morgan fingerprint density at radius 3 is 2.49 bits per heavy atom. The van der Waals surface area contributed by atoms with Crippen molar-refractivity contribution in [2.75, 3.05) is 29.9 Å². The molecule has 2 heterocycles. The fraction of sp³-hybridized carbons (Fsp3) is 0.435. The molecular formula is C23H28F3N5O4. The monoisotopic (exact) mass is 495 g/mol. The average Bonchev–Trinajstić information content (AvgIpc) is 3.17. The number of ether oxygens (including phenoxy) is 2. The summed E-state index contributed by atoms with van der Waals surface area (Å²) < 4.78 is 46.4. The number of hydrogen-bond donors (Lipinski definition) is 4. The topological polar surface area (TPSA) is 120 Å². The van der Waals surface area contributed by atoms with E-state index in [-0.39, 0.29) is 23.8 Å². The minimum atomic E-state index is -4.80. The van der Waals surface area contributed by atoms with E-state index >= 15 is 0 Å². The number of alkyl carbamates (subject to hydrolysis) is 1. The van der Waals surface area contributed by atoms with Crippen LogP contribution in [0.3, 0.4) is 0 Å². The lowest BCUT2D eigenvalue weighted by Gasteiger charge is -2.24. The Bertz CT molecular complexity index is 1050. The van der Waals surface area contributed by atoms with Crippen molar-refractivity contribution in [3.63, 3.8) is 0 Å². The van der Waals surface area contributed by atoms with E-state index in [4.69, 9.17) is 10.1 Å². The number of aliphatic hydroxyl groups is 1. The number of nitrogens with one attached hydrogen (secondary N) is 3.